The first-order chi connectivity index (χ1) is 8.61. The van der Waals surface area contributed by atoms with Crippen LogP contribution in [0.3, 0.4) is 0 Å². The van der Waals surface area contributed by atoms with E-state index in [4.69, 9.17) is 17.3 Å². The Labute approximate surface area is 116 Å². The van der Waals surface area contributed by atoms with Crippen molar-refractivity contribution in [3.8, 4) is 11.8 Å². The molecule has 0 aromatic carbocycles. The zero-order chi connectivity index (χ0) is 13.1. The second-order valence-corrected chi connectivity index (χ2v) is 5.32. The molecular weight excluding hydrogens is 266 g/mol. The fourth-order valence-corrected chi connectivity index (χ4v) is 2.59. The lowest BCUT2D eigenvalue weighted by Crippen LogP contribution is -2.02. The number of nitrogens with zero attached hydrogens (tertiary/aromatic N) is 2. The molecule has 0 bridgehead atoms. The normalized spacial score (nSPS) is 10.2. The molecule has 0 unspecified atom stereocenters. The van der Waals surface area contributed by atoms with Crippen LogP contribution in [0.1, 0.15) is 21.8 Å². The number of hydrogen-bond acceptors (Lipinski definition) is 3. The van der Waals surface area contributed by atoms with Crippen LogP contribution in [0.25, 0.3) is 0 Å². The van der Waals surface area contributed by atoms with Crippen molar-refractivity contribution in [2.45, 2.75) is 20.4 Å². The summed E-state index contributed by atoms with van der Waals surface area (Å²) in [5.41, 5.74) is 8.22. The second kappa shape index (κ2) is 5.57. The van der Waals surface area contributed by atoms with Crippen molar-refractivity contribution in [3.05, 3.63) is 38.3 Å². The van der Waals surface area contributed by atoms with E-state index in [2.05, 4.69) is 23.0 Å². The average Bonchev–Trinajstić information content (AvgIpc) is 2.89. The molecule has 0 saturated carbocycles. The Bertz CT molecular complexity index is 616. The van der Waals surface area contributed by atoms with Crippen LogP contribution in [0.5, 0.6) is 0 Å². The van der Waals surface area contributed by atoms with Gasteiger partial charge >= 0.3 is 0 Å². The molecule has 94 valence electrons. The van der Waals surface area contributed by atoms with Gasteiger partial charge in [0.1, 0.15) is 0 Å². The molecule has 0 fully saturated rings. The molecule has 0 aliphatic rings. The maximum atomic E-state index is 6.12. The van der Waals surface area contributed by atoms with Gasteiger partial charge in [0.15, 0.2) is 0 Å². The maximum Gasteiger partial charge on any atom is 0.0844 e. The third kappa shape index (κ3) is 2.75. The van der Waals surface area contributed by atoms with E-state index in [9.17, 15) is 0 Å². The predicted octanol–water partition coefficient (Wildman–Crippen LogP) is 2.57. The molecule has 0 aliphatic carbocycles. The fourth-order valence-electron chi connectivity index (χ4n) is 1.66. The Morgan fingerprint density at radius 1 is 1.50 bits per heavy atom. The van der Waals surface area contributed by atoms with E-state index >= 15 is 0 Å². The van der Waals surface area contributed by atoms with Crippen LogP contribution in [-0.4, -0.2) is 16.3 Å². The molecule has 0 atom stereocenters. The molecule has 2 N–H and O–H groups in total. The lowest BCUT2D eigenvalue weighted by molar-refractivity contribution is 0.666. The fraction of sp³-hybridized carbons (Fsp3) is 0.308. The molecule has 5 heteroatoms. The quantitative estimate of drug-likeness (QED) is 0.859. The van der Waals surface area contributed by atoms with Crippen molar-refractivity contribution in [1.82, 2.24) is 9.78 Å². The first-order valence-corrected chi connectivity index (χ1v) is 6.83. The van der Waals surface area contributed by atoms with Gasteiger partial charge in [0.25, 0.3) is 0 Å². The van der Waals surface area contributed by atoms with Crippen LogP contribution in [-0.2, 0) is 6.54 Å². The van der Waals surface area contributed by atoms with Crippen LogP contribution < -0.4 is 5.73 Å². The summed E-state index contributed by atoms with van der Waals surface area (Å²) in [6.45, 7) is 5.01. The van der Waals surface area contributed by atoms with E-state index in [1.807, 2.05) is 23.9 Å². The summed E-state index contributed by atoms with van der Waals surface area (Å²) < 4.78 is 1.92. The van der Waals surface area contributed by atoms with E-state index in [0.717, 1.165) is 28.5 Å². The number of hydrogen-bond donors (Lipinski definition) is 1. The standard InChI is InChI=1S/C13H14ClN3S/c1-9-13(14)10(2)17(16-9)7-12-6-11(8-18-12)4-3-5-15/h6,8H,5,7,15H2,1-2H3. The van der Waals surface area contributed by atoms with E-state index in [1.165, 1.54) is 4.88 Å². The molecule has 2 rings (SSSR count). The minimum atomic E-state index is 0.387. The van der Waals surface area contributed by atoms with Crippen molar-refractivity contribution in [1.29, 1.82) is 0 Å². The third-order valence-corrected chi connectivity index (χ3v) is 4.06. The lowest BCUT2D eigenvalue weighted by atomic mass is 10.3. The van der Waals surface area contributed by atoms with Gasteiger partial charge in [-0.2, -0.15) is 5.10 Å². The Morgan fingerprint density at radius 3 is 2.89 bits per heavy atom. The summed E-state index contributed by atoms with van der Waals surface area (Å²) in [5, 5.41) is 7.19. The van der Waals surface area contributed by atoms with E-state index in [0.29, 0.717) is 6.54 Å². The lowest BCUT2D eigenvalue weighted by Gasteiger charge is -2.01. The van der Waals surface area contributed by atoms with Crippen LogP contribution >= 0.6 is 22.9 Å². The number of nitrogens with two attached hydrogens (primary N) is 1. The highest BCUT2D eigenvalue weighted by Crippen LogP contribution is 2.21. The first kappa shape index (κ1) is 13.2. The smallest absolute Gasteiger partial charge is 0.0844 e. The van der Waals surface area contributed by atoms with Gasteiger partial charge in [-0.25, -0.2) is 0 Å². The van der Waals surface area contributed by atoms with Crippen LogP contribution in [0, 0.1) is 25.7 Å². The van der Waals surface area contributed by atoms with Gasteiger partial charge < -0.3 is 5.73 Å². The van der Waals surface area contributed by atoms with Gasteiger partial charge in [-0.15, -0.1) is 11.3 Å². The summed E-state index contributed by atoms with van der Waals surface area (Å²) in [6.07, 6.45) is 0. The van der Waals surface area contributed by atoms with Crippen LogP contribution in [0.2, 0.25) is 5.02 Å². The summed E-state index contributed by atoms with van der Waals surface area (Å²) in [7, 11) is 0. The second-order valence-electron chi connectivity index (χ2n) is 3.95. The number of rotatable bonds is 2. The van der Waals surface area contributed by atoms with E-state index in [-0.39, 0.29) is 0 Å². The number of halogens is 1. The Balaban J connectivity index is 2.18. The molecule has 2 heterocycles. The van der Waals surface area contributed by atoms with Crippen molar-refractivity contribution in [2.24, 2.45) is 5.73 Å². The molecule has 0 amide bonds. The number of aryl methyl sites for hydroxylation is 1. The summed E-state index contributed by atoms with van der Waals surface area (Å²) in [5.74, 6) is 5.87. The highest BCUT2D eigenvalue weighted by Gasteiger charge is 2.10. The van der Waals surface area contributed by atoms with Gasteiger partial charge in [0.05, 0.1) is 29.5 Å². The SMILES string of the molecule is Cc1nn(Cc2cc(C#CCN)cs2)c(C)c1Cl. The third-order valence-electron chi connectivity index (χ3n) is 2.59. The van der Waals surface area contributed by atoms with Crippen LogP contribution in [0.4, 0.5) is 0 Å². The molecule has 3 nitrogen and oxygen atoms in total. The summed E-state index contributed by atoms with van der Waals surface area (Å²) in [4.78, 5) is 1.21. The van der Waals surface area contributed by atoms with Gasteiger partial charge in [0.2, 0.25) is 0 Å². The molecule has 0 saturated heterocycles. The molecular formula is C13H14ClN3S. The topological polar surface area (TPSA) is 43.8 Å². The first-order valence-electron chi connectivity index (χ1n) is 5.57. The van der Waals surface area contributed by atoms with Gasteiger partial charge in [-0.05, 0) is 19.9 Å². The summed E-state index contributed by atoms with van der Waals surface area (Å²) in [6, 6.07) is 2.07. The molecule has 2 aromatic rings. The molecule has 0 spiro atoms. The average molecular weight is 280 g/mol. The zero-order valence-electron chi connectivity index (χ0n) is 10.3. The highest BCUT2D eigenvalue weighted by molar-refractivity contribution is 7.10. The monoisotopic (exact) mass is 279 g/mol. The van der Waals surface area contributed by atoms with Crippen molar-refractivity contribution >= 4 is 22.9 Å². The number of thiophene rings is 1. The Hall–Kier alpha value is -1.28. The predicted molar refractivity (Wildman–Crippen MR) is 76.1 cm³/mol. The van der Waals surface area contributed by atoms with Crippen molar-refractivity contribution in [2.75, 3.05) is 6.54 Å². The minimum absolute atomic E-state index is 0.387. The molecule has 18 heavy (non-hydrogen) atoms. The minimum Gasteiger partial charge on any atom is -0.320 e. The van der Waals surface area contributed by atoms with Crippen LogP contribution in [0.15, 0.2) is 11.4 Å². The van der Waals surface area contributed by atoms with Crippen molar-refractivity contribution < 1.29 is 0 Å². The van der Waals surface area contributed by atoms with E-state index in [1.54, 1.807) is 11.3 Å². The molecule has 0 radical (unpaired) electrons. The Morgan fingerprint density at radius 2 is 2.28 bits per heavy atom. The van der Waals surface area contributed by atoms with Gasteiger partial charge in [-0.3, -0.25) is 4.68 Å². The maximum absolute atomic E-state index is 6.12. The largest absolute Gasteiger partial charge is 0.320 e. The van der Waals surface area contributed by atoms with E-state index < -0.39 is 0 Å². The van der Waals surface area contributed by atoms with Gasteiger partial charge in [-0.1, -0.05) is 23.4 Å². The highest BCUT2D eigenvalue weighted by atomic mass is 35.5. The molecule has 2 aromatic heterocycles. The Kier molecular flexibility index (Phi) is 4.07. The summed E-state index contributed by atoms with van der Waals surface area (Å²) >= 11 is 7.79. The van der Waals surface area contributed by atoms with Gasteiger partial charge in [0, 0.05) is 15.8 Å². The molecule has 0 aliphatic heterocycles. The van der Waals surface area contributed by atoms with Crippen molar-refractivity contribution in [3.63, 3.8) is 0 Å². The zero-order valence-corrected chi connectivity index (χ0v) is 11.9. The number of aromatic nitrogens is 2.